The van der Waals surface area contributed by atoms with E-state index in [0.29, 0.717) is 50.0 Å². The van der Waals surface area contributed by atoms with E-state index in [1.165, 1.54) is 12.1 Å². The van der Waals surface area contributed by atoms with Gasteiger partial charge in [-0.3, -0.25) is 9.69 Å². The molecule has 1 heterocycles. The zero-order valence-corrected chi connectivity index (χ0v) is 19.1. The Kier molecular flexibility index (Phi) is 9.62. The van der Waals surface area contributed by atoms with Crippen molar-refractivity contribution >= 4 is 17.8 Å². The first-order valence-corrected chi connectivity index (χ1v) is 10.2. The van der Waals surface area contributed by atoms with Gasteiger partial charge < -0.3 is 29.3 Å². The second-order valence-corrected chi connectivity index (χ2v) is 7.15. The van der Waals surface area contributed by atoms with Crippen LogP contribution in [0.25, 0.3) is 0 Å². The SMILES string of the molecule is COc1ccc(CN2CCN(C(=O)c3ccccc3F)CC2)c(OC)c1OC.O=C(O)C(=O)O. The predicted octanol–water partition coefficient (Wildman–Crippen LogP) is 1.97. The summed E-state index contributed by atoms with van der Waals surface area (Å²) in [6.45, 7) is 3.13. The second-order valence-electron chi connectivity index (χ2n) is 7.15. The van der Waals surface area contributed by atoms with E-state index >= 15 is 0 Å². The molecule has 0 aromatic heterocycles. The zero-order chi connectivity index (χ0) is 25.3. The fourth-order valence-corrected chi connectivity index (χ4v) is 3.44. The van der Waals surface area contributed by atoms with Crippen LogP contribution < -0.4 is 14.2 Å². The molecule has 0 unspecified atom stereocenters. The third-order valence-corrected chi connectivity index (χ3v) is 5.13. The number of methoxy groups -OCH3 is 3. The van der Waals surface area contributed by atoms with Gasteiger partial charge in [0.25, 0.3) is 5.91 Å². The molecule has 0 bridgehead atoms. The van der Waals surface area contributed by atoms with E-state index in [-0.39, 0.29) is 11.5 Å². The summed E-state index contributed by atoms with van der Waals surface area (Å²) < 4.78 is 30.2. The molecule has 0 aliphatic carbocycles. The monoisotopic (exact) mass is 478 g/mol. The molecule has 1 fully saturated rings. The third kappa shape index (κ3) is 6.58. The molecule has 34 heavy (non-hydrogen) atoms. The molecule has 1 aliphatic heterocycles. The largest absolute Gasteiger partial charge is 0.493 e. The molecule has 0 atom stereocenters. The number of ether oxygens (including phenoxy) is 3. The van der Waals surface area contributed by atoms with Crippen LogP contribution in [0.4, 0.5) is 4.39 Å². The summed E-state index contributed by atoms with van der Waals surface area (Å²) in [5.74, 6) is -2.57. The highest BCUT2D eigenvalue weighted by Gasteiger charge is 2.25. The molecule has 2 aromatic carbocycles. The Morgan fingerprint density at radius 3 is 1.94 bits per heavy atom. The number of nitrogens with zero attached hydrogens (tertiary/aromatic N) is 2. The number of rotatable bonds is 6. The fourth-order valence-electron chi connectivity index (χ4n) is 3.44. The summed E-state index contributed by atoms with van der Waals surface area (Å²) in [4.78, 5) is 34.7. The molecule has 1 saturated heterocycles. The van der Waals surface area contributed by atoms with Gasteiger partial charge in [-0.25, -0.2) is 14.0 Å². The van der Waals surface area contributed by atoms with Crippen molar-refractivity contribution in [2.24, 2.45) is 0 Å². The van der Waals surface area contributed by atoms with Crippen LogP contribution in [0.3, 0.4) is 0 Å². The lowest BCUT2D eigenvalue weighted by Gasteiger charge is -2.35. The molecule has 184 valence electrons. The molecule has 1 amide bonds. The summed E-state index contributed by atoms with van der Waals surface area (Å²) in [6, 6.07) is 9.91. The van der Waals surface area contributed by atoms with Gasteiger partial charge in [0.2, 0.25) is 5.75 Å². The summed E-state index contributed by atoms with van der Waals surface area (Å²) in [7, 11) is 4.77. The maximum absolute atomic E-state index is 13.9. The Bertz CT molecular complexity index is 1010. The van der Waals surface area contributed by atoms with Crippen molar-refractivity contribution < 1.29 is 43.2 Å². The van der Waals surface area contributed by atoms with Crippen LogP contribution in [0.2, 0.25) is 0 Å². The van der Waals surface area contributed by atoms with E-state index in [1.54, 1.807) is 38.4 Å². The van der Waals surface area contributed by atoms with Gasteiger partial charge in [0.1, 0.15) is 5.82 Å². The number of carbonyl (C=O) groups is 3. The van der Waals surface area contributed by atoms with Gasteiger partial charge in [0.05, 0.1) is 26.9 Å². The summed E-state index contributed by atoms with van der Waals surface area (Å²) in [6.07, 6.45) is 0. The molecular formula is C23H27FN2O8. The fraction of sp³-hybridized carbons (Fsp3) is 0.348. The standard InChI is InChI=1S/C21H25FN2O4.C2H2O4/c1-26-18-9-8-15(19(27-2)20(18)28-3)14-23-10-12-24(13-11-23)21(25)16-6-4-5-7-17(16)22;3-1(4)2(5)6/h4-9H,10-14H2,1-3H3;(H,3,4)(H,5,6). The lowest BCUT2D eigenvalue weighted by Crippen LogP contribution is -2.48. The normalized spacial score (nSPS) is 13.4. The van der Waals surface area contributed by atoms with Crippen molar-refractivity contribution in [3.63, 3.8) is 0 Å². The van der Waals surface area contributed by atoms with Gasteiger partial charge in [0.15, 0.2) is 11.5 Å². The minimum atomic E-state index is -1.82. The zero-order valence-electron chi connectivity index (χ0n) is 19.1. The van der Waals surface area contributed by atoms with Crippen molar-refractivity contribution in [3.05, 3.63) is 53.3 Å². The molecular weight excluding hydrogens is 451 g/mol. The first-order valence-electron chi connectivity index (χ1n) is 10.2. The molecule has 0 spiro atoms. The quantitative estimate of drug-likeness (QED) is 0.599. The van der Waals surface area contributed by atoms with Crippen LogP contribution in [-0.2, 0) is 16.1 Å². The summed E-state index contributed by atoms with van der Waals surface area (Å²) in [5, 5.41) is 14.8. The molecule has 0 saturated carbocycles. The maximum Gasteiger partial charge on any atom is 0.414 e. The van der Waals surface area contributed by atoms with Crippen molar-refractivity contribution in [2.75, 3.05) is 47.5 Å². The topological polar surface area (TPSA) is 126 Å². The molecule has 2 aromatic rings. The molecule has 1 aliphatic rings. The van der Waals surface area contributed by atoms with Crippen molar-refractivity contribution in [2.45, 2.75) is 6.54 Å². The number of halogens is 1. The number of benzene rings is 2. The van der Waals surface area contributed by atoms with Crippen LogP contribution >= 0.6 is 0 Å². The van der Waals surface area contributed by atoms with Gasteiger partial charge in [-0.15, -0.1) is 0 Å². The lowest BCUT2D eigenvalue weighted by atomic mass is 10.1. The second kappa shape index (κ2) is 12.4. The summed E-state index contributed by atoms with van der Waals surface area (Å²) >= 11 is 0. The number of carboxylic acids is 2. The predicted molar refractivity (Wildman–Crippen MR) is 119 cm³/mol. The lowest BCUT2D eigenvalue weighted by molar-refractivity contribution is -0.159. The Labute approximate surface area is 196 Å². The van der Waals surface area contributed by atoms with Crippen molar-refractivity contribution in [1.29, 1.82) is 0 Å². The van der Waals surface area contributed by atoms with Gasteiger partial charge in [-0.05, 0) is 18.2 Å². The Balaban J connectivity index is 0.000000604. The highest BCUT2D eigenvalue weighted by molar-refractivity contribution is 6.27. The minimum Gasteiger partial charge on any atom is -0.493 e. The molecule has 3 rings (SSSR count). The smallest absolute Gasteiger partial charge is 0.414 e. The number of piperazine rings is 1. The average Bonchev–Trinajstić information content (AvgIpc) is 2.84. The molecule has 11 heteroatoms. The van der Waals surface area contributed by atoms with E-state index in [1.807, 2.05) is 12.1 Å². The number of carboxylic acid groups (broad SMARTS) is 2. The van der Waals surface area contributed by atoms with Crippen molar-refractivity contribution in [1.82, 2.24) is 9.80 Å². The average molecular weight is 478 g/mol. The van der Waals surface area contributed by atoms with Gasteiger partial charge >= 0.3 is 11.9 Å². The van der Waals surface area contributed by atoms with E-state index in [4.69, 9.17) is 34.0 Å². The Hall–Kier alpha value is -3.86. The number of hydrogen-bond acceptors (Lipinski definition) is 7. The van der Waals surface area contributed by atoms with E-state index < -0.39 is 17.8 Å². The number of carbonyl (C=O) groups excluding carboxylic acids is 1. The number of hydrogen-bond donors (Lipinski definition) is 2. The highest BCUT2D eigenvalue weighted by Crippen LogP contribution is 2.40. The van der Waals surface area contributed by atoms with Crippen LogP contribution in [0.1, 0.15) is 15.9 Å². The Morgan fingerprint density at radius 2 is 1.44 bits per heavy atom. The van der Waals surface area contributed by atoms with E-state index in [2.05, 4.69) is 4.90 Å². The molecule has 0 radical (unpaired) electrons. The third-order valence-electron chi connectivity index (χ3n) is 5.13. The number of amides is 1. The minimum absolute atomic E-state index is 0.123. The molecule has 10 nitrogen and oxygen atoms in total. The van der Waals surface area contributed by atoms with E-state index in [9.17, 15) is 9.18 Å². The van der Waals surface area contributed by atoms with Gasteiger partial charge in [-0.1, -0.05) is 18.2 Å². The maximum atomic E-state index is 13.9. The van der Waals surface area contributed by atoms with Crippen molar-refractivity contribution in [3.8, 4) is 17.2 Å². The van der Waals surface area contributed by atoms with Crippen LogP contribution in [0, 0.1) is 5.82 Å². The van der Waals surface area contributed by atoms with Gasteiger partial charge in [-0.2, -0.15) is 0 Å². The van der Waals surface area contributed by atoms with Gasteiger partial charge in [0, 0.05) is 38.3 Å². The van der Waals surface area contributed by atoms with Crippen LogP contribution in [0.5, 0.6) is 17.2 Å². The number of aliphatic carboxylic acids is 2. The molecule has 2 N–H and O–H groups in total. The first-order chi connectivity index (χ1) is 16.2. The summed E-state index contributed by atoms with van der Waals surface area (Å²) in [5.41, 5.74) is 1.10. The van der Waals surface area contributed by atoms with E-state index in [0.717, 1.165) is 5.56 Å². The highest BCUT2D eigenvalue weighted by atomic mass is 19.1. The van der Waals surface area contributed by atoms with Crippen LogP contribution in [-0.4, -0.2) is 85.4 Å². The Morgan fingerprint density at radius 1 is 0.853 bits per heavy atom. The van der Waals surface area contributed by atoms with Crippen LogP contribution in [0.15, 0.2) is 36.4 Å². The first kappa shape index (κ1) is 26.4.